The van der Waals surface area contributed by atoms with Crippen molar-refractivity contribution in [1.29, 1.82) is 0 Å². The van der Waals surface area contributed by atoms with Crippen molar-refractivity contribution < 1.29 is 9.59 Å². The van der Waals surface area contributed by atoms with Crippen LogP contribution in [0.1, 0.15) is 31.9 Å². The van der Waals surface area contributed by atoms with Crippen LogP contribution in [-0.4, -0.2) is 57.2 Å². The minimum Gasteiger partial charge on any atom is -0.339 e. The molecule has 4 rings (SSSR count). The highest BCUT2D eigenvalue weighted by Crippen LogP contribution is 2.30. The Balaban J connectivity index is 1.68. The van der Waals surface area contributed by atoms with Crippen LogP contribution in [0.25, 0.3) is 0 Å². The van der Waals surface area contributed by atoms with Crippen LogP contribution in [0.3, 0.4) is 0 Å². The number of carbonyl (C=O) groups is 2. The van der Waals surface area contributed by atoms with Gasteiger partial charge in [0, 0.05) is 25.3 Å². The number of thioether (sulfide) groups is 1. The van der Waals surface area contributed by atoms with Gasteiger partial charge in [-0.2, -0.15) is 11.8 Å². The van der Waals surface area contributed by atoms with Crippen molar-refractivity contribution in [1.82, 2.24) is 14.8 Å². The van der Waals surface area contributed by atoms with Gasteiger partial charge in [0.1, 0.15) is 0 Å². The van der Waals surface area contributed by atoms with Crippen LogP contribution in [-0.2, 0) is 16.1 Å². The highest BCUT2D eigenvalue weighted by atomic mass is 32.2. The molecule has 2 atom stereocenters. The number of carbonyl (C=O) groups excluding carboxylic acids is 2. The highest BCUT2D eigenvalue weighted by Gasteiger charge is 2.41. The Hall–Kier alpha value is -1.56. The SMILES string of the molecule is CCCSCC(=O)N1C[C@H]2CC[C@@H](C1)N(Cc1ccccn1)C2=O. The summed E-state index contributed by atoms with van der Waals surface area (Å²) in [5.74, 6) is 1.86. The molecule has 0 N–H and O–H groups in total. The van der Waals surface area contributed by atoms with Crippen LogP contribution in [0, 0.1) is 5.92 Å². The van der Waals surface area contributed by atoms with Crippen LogP contribution in [0.5, 0.6) is 0 Å². The highest BCUT2D eigenvalue weighted by molar-refractivity contribution is 7.99. The number of hydrogen-bond donors (Lipinski definition) is 0. The third-order valence-corrected chi connectivity index (χ3v) is 5.93. The second kappa shape index (κ2) is 8.01. The Kier molecular flexibility index (Phi) is 5.76. The fraction of sp³-hybridized carbons (Fsp3) is 0.611. The molecular weight excluding hydrogens is 322 g/mol. The number of hydrogen-bond acceptors (Lipinski definition) is 4. The second-order valence-corrected chi connectivity index (χ2v) is 7.67. The Bertz CT molecular complexity index is 581. The monoisotopic (exact) mass is 347 g/mol. The van der Waals surface area contributed by atoms with Crippen molar-refractivity contribution in [2.45, 2.75) is 38.8 Å². The predicted molar refractivity (Wildman–Crippen MR) is 95.5 cm³/mol. The molecule has 1 aromatic rings. The molecule has 0 saturated carbocycles. The van der Waals surface area contributed by atoms with Crippen molar-refractivity contribution in [2.75, 3.05) is 24.6 Å². The molecule has 4 heterocycles. The summed E-state index contributed by atoms with van der Waals surface area (Å²) in [5.41, 5.74) is 0.912. The van der Waals surface area contributed by atoms with E-state index in [0.717, 1.165) is 30.7 Å². The van der Waals surface area contributed by atoms with Crippen molar-refractivity contribution >= 4 is 23.6 Å². The first kappa shape index (κ1) is 17.3. The Morgan fingerprint density at radius 1 is 1.33 bits per heavy atom. The molecule has 0 spiro atoms. The number of pyridine rings is 1. The standard InChI is InChI=1S/C18H25N3O2S/c1-2-9-24-13-17(22)20-10-14-6-7-16(12-20)21(18(14)23)11-15-5-3-4-8-19-15/h3-5,8,14,16H,2,6-7,9-13H2,1H3/t14-,16+/m1/s1. The van der Waals surface area contributed by atoms with Gasteiger partial charge in [-0.25, -0.2) is 0 Å². The summed E-state index contributed by atoms with van der Waals surface area (Å²) in [6.45, 7) is 3.92. The molecule has 0 unspecified atom stereocenters. The topological polar surface area (TPSA) is 53.5 Å². The molecule has 1 aromatic heterocycles. The molecule has 0 aromatic carbocycles. The molecule has 2 bridgehead atoms. The molecule has 2 amide bonds. The molecule has 3 aliphatic heterocycles. The first-order valence-electron chi connectivity index (χ1n) is 8.75. The maximum atomic E-state index is 12.8. The lowest BCUT2D eigenvalue weighted by Gasteiger charge is -2.35. The number of piperidine rings is 1. The Morgan fingerprint density at radius 3 is 2.96 bits per heavy atom. The van der Waals surface area contributed by atoms with E-state index < -0.39 is 0 Å². The van der Waals surface area contributed by atoms with Crippen molar-refractivity contribution in [3.8, 4) is 0 Å². The molecule has 0 aliphatic carbocycles. The van der Waals surface area contributed by atoms with E-state index in [1.165, 1.54) is 0 Å². The van der Waals surface area contributed by atoms with Crippen LogP contribution in [0.2, 0.25) is 0 Å². The van der Waals surface area contributed by atoms with Crippen molar-refractivity contribution in [3.05, 3.63) is 30.1 Å². The Morgan fingerprint density at radius 2 is 2.21 bits per heavy atom. The van der Waals surface area contributed by atoms with Crippen LogP contribution in [0.4, 0.5) is 0 Å². The molecule has 3 aliphatic rings. The molecule has 3 fully saturated rings. The van der Waals surface area contributed by atoms with E-state index >= 15 is 0 Å². The molecular formula is C18H25N3O2S. The summed E-state index contributed by atoms with van der Waals surface area (Å²) in [5, 5.41) is 0. The molecule has 24 heavy (non-hydrogen) atoms. The third kappa shape index (κ3) is 3.91. The average Bonchev–Trinajstić information content (AvgIpc) is 2.89. The average molecular weight is 347 g/mol. The van der Waals surface area contributed by atoms with Gasteiger partial charge in [0.15, 0.2) is 0 Å². The minimum atomic E-state index is -0.0485. The van der Waals surface area contributed by atoms with Gasteiger partial charge in [-0.15, -0.1) is 0 Å². The van der Waals surface area contributed by atoms with Crippen molar-refractivity contribution in [2.24, 2.45) is 5.92 Å². The summed E-state index contributed by atoms with van der Waals surface area (Å²) in [7, 11) is 0. The van der Waals surface area contributed by atoms with Gasteiger partial charge < -0.3 is 9.80 Å². The molecule has 3 saturated heterocycles. The zero-order valence-corrected chi connectivity index (χ0v) is 15.0. The van der Waals surface area contributed by atoms with E-state index in [0.29, 0.717) is 25.4 Å². The fourth-order valence-corrected chi connectivity index (χ4v) is 4.30. The van der Waals surface area contributed by atoms with E-state index in [-0.39, 0.29) is 23.8 Å². The summed E-state index contributed by atoms with van der Waals surface area (Å²) in [4.78, 5) is 33.5. The minimum absolute atomic E-state index is 0.0485. The summed E-state index contributed by atoms with van der Waals surface area (Å²) < 4.78 is 0. The number of fused-ring (bicyclic) bond motifs is 4. The fourth-order valence-electron chi connectivity index (χ4n) is 3.51. The molecule has 6 heteroatoms. The van der Waals surface area contributed by atoms with Gasteiger partial charge in [-0.3, -0.25) is 14.6 Å². The third-order valence-electron chi connectivity index (χ3n) is 4.78. The van der Waals surface area contributed by atoms with E-state index in [2.05, 4.69) is 11.9 Å². The lowest BCUT2D eigenvalue weighted by molar-refractivity contribution is -0.140. The molecule has 130 valence electrons. The van der Waals surface area contributed by atoms with Gasteiger partial charge in [-0.1, -0.05) is 13.0 Å². The van der Waals surface area contributed by atoms with E-state index in [4.69, 9.17) is 0 Å². The first-order chi connectivity index (χ1) is 11.7. The quantitative estimate of drug-likeness (QED) is 0.740. The lowest BCUT2D eigenvalue weighted by atomic mass is 9.94. The van der Waals surface area contributed by atoms with Crippen molar-refractivity contribution in [3.63, 3.8) is 0 Å². The zero-order valence-electron chi connectivity index (χ0n) is 14.2. The molecule has 0 radical (unpaired) electrons. The number of rotatable bonds is 6. The number of nitrogens with zero attached hydrogens (tertiary/aromatic N) is 3. The van der Waals surface area contributed by atoms with E-state index in [1.54, 1.807) is 18.0 Å². The summed E-state index contributed by atoms with van der Waals surface area (Å²) in [6.07, 6.45) is 4.72. The van der Waals surface area contributed by atoms with Gasteiger partial charge in [0.2, 0.25) is 11.8 Å². The maximum absolute atomic E-state index is 12.8. The van der Waals surface area contributed by atoms with Gasteiger partial charge in [-0.05, 0) is 37.1 Å². The van der Waals surface area contributed by atoms with E-state index in [9.17, 15) is 9.59 Å². The van der Waals surface area contributed by atoms with Crippen LogP contribution < -0.4 is 0 Å². The van der Waals surface area contributed by atoms with Gasteiger partial charge >= 0.3 is 0 Å². The predicted octanol–water partition coefficient (Wildman–Crippen LogP) is 2.17. The molecule has 5 nitrogen and oxygen atoms in total. The normalized spacial score (nSPS) is 23.5. The van der Waals surface area contributed by atoms with Crippen LogP contribution in [0.15, 0.2) is 24.4 Å². The van der Waals surface area contributed by atoms with Gasteiger partial charge in [0.25, 0.3) is 0 Å². The Labute approximate surface area is 147 Å². The largest absolute Gasteiger partial charge is 0.339 e. The van der Waals surface area contributed by atoms with Crippen LogP contribution >= 0.6 is 11.8 Å². The first-order valence-corrected chi connectivity index (χ1v) is 9.90. The second-order valence-electron chi connectivity index (χ2n) is 6.57. The number of amides is 2. The van der Waals surface area contributed by atoms with Gasteiger partial charge in [0.05, 0.1) is 23.9 Å². The summed E-state index contributed by atoms with van der Waals surface area (Å²) >= 11 is 1.69. The smallest absolute Gasteiger partial charge is 0.232 e. The zero-order chi connectivity index (χ0) is 16.9. The lowest BCUT2D eigenvalue weighted by Crippen LogP contribution is -2.47. The number of aromatic nitrogens is 1. The van der Waals surface area contributed by atoms with E-state index in [1.807, 2.05) is 28.0 Å². The maximum Gasteiger partial charge on any atom is 0.232 e. The summed E-state index contributed by atoms with van der Waals surface area (Å²) in [6, 6.07) is 5.91.